The fourth-order valence-electron chi connectivity index (χ4n) is 1.92. The maximum absolute atomic E-state index is 9.29. The van der Waals surface area contributed by atoms with Crippen molar-refractivity contribution in [3.05, 3.63) is 30.0 Å². The minimum atomic E-state index is -0.0925. The van der Waals surface area contributed by atoms with Gasteiger partial charge in [-0.2, -0.15) is 10.2 Å². The van der Waals surface area contributed by atoms with E-state index in [4.69, 9.17) is 0 Å². The fourth-order valence-corrected chi connectivity index (χ4v) is 1.92. The normalized spacial score (nSPS) is 11.3. The predicted molar refractivity (Wildman–Crippen MR) is 64.1 cm³/mol. The van der Waals surface area contributed by atoms with E-state index >= 15 is 0 Å². The molecule has 7 heteroatoms. The lowest BCUT2D eigenvalue weighted by Crippen LogP contribution is -2.07. The molecule has 3 rings (SSSR count). The third-order valence-corrected chi connectivity index (χ3v) is 2.77. The average molecular weight is 244 g/mol. The van der Waals surface area contributed by atoms with Gasteiger partial charge in [-0.05, 0) is 13.0 Å². The molecule has 18 heavy (non-hydrogen) atoms. The number of hydrogen-bond donors (Lipinski definition) is 1. The maximum atomic E-state index is 9.29. The number of rotatable bonds is 2. The zero-order valence-corrected chi connectivity index (χ0v) is 10.1. The number of fused-ring (bicyclic) bond motifs is 1. The van der Waals surface area contributed by atoms with Gasteiger partial charge in [-0.15, -0.1) is 0 Å². The Morgan fingerprint density at radius 3 is 2.89 bits per heavy atom. The summed E-state index contributed by atoms with van der Waals surface area (Å²) in [6, 6.07) is 1.75. The molecule has 0 aliphatic heterocycles. The lowest BCUT2D eigenvalue weighted by atomic mass is 10.3. The fraction of sp³-hybridized carbons (Fsp3) is 0.273. The highest BCUT2D eigenvalue weighted by Gasteiger charge is 2.14. The molecule has 3 heterocycles. The summed E-state index contributed by atoms with van der Waals surface area (Å²) in [5.41, 5.74) is 1.43. The van der Waals surface area contributed by atoms with Gasteiger partial charge in [-0.1, -0.05) is 0 Å². The van der Waals surface area contributed by atoms with E-state index in [1.165, 1.54) is 0 Å². The summed E-state index contributed by atoms with van der Waals surface area (Å²) in [5, 5.41) is 18.5. The van der Waals surface area contributed by atoms with E-state index in [9.17, 15) is 5.11 Å². The highest BCUT2D eigenvalue weighted by atomic mass is 16.3. The number of aryl methyl sites for hydroxylation is 2. The third kappa shape index (κ3) is 1.48. The zero-order valence-electron chi connectivity index (χ0n) is 10.1. The van der Waals surface area contributed by atoms with Crippen molar-refractivity contribution in [3.63, 3.8) is 0 Å². The lowest BCUT2D eigenvalue weighted by molar-refractivity contribution is 0.273. The van der Waals surface area contributed by atoms with Crippen LogP contribution >= 0.6 is 0 Å². The van der Waals surface area contributed by atoms with Crippen molar-refractivity contribution < 1.29 is 5.11 Å². The lowest BCUT2D eigenvalue weighted by Gasteiger charge is -2.06. The van der Waals surface area contributed by atoms with Gasteiger partial charge in [0.1, 0.15) is 5.82 Å². The molecule has 0 amide bonds. The monoisotopic (exact) mass is 244 g/mol. The Balaban J connectivity index is 2.35. The second kappa shape index (κ2) is 3.88. The van der Waals surface area contributed by atoms with Gasteiger partial charge >= 0.3 is 0 Å². The Morgan fingerprint density at radius 2 is 2.11 bits per heavy atom. The molecule has 0 spiro atoms. The minimum Gasteiger partial charge on any atom is -0.390 e. The maximum Gasteiger partial charge on any atom is 0.168 e. The molecule has 1 N–H and O–H groups in total. The predicted octanol–water partition coefficient (Wildman–Crippen LogP) is 0.350. The van der Waals surface area contributed by atoms with E-state index in [0.717, 1.165) is 11.0 Å². The number of aliphatic hydroxyl groups is 1. The molecule has 0 unspecified atom stereocenters. The highest BCUT2D eigenvalue weighted by Crippen LogP contribution is 2.19. The summed E-state index contributed by atoms with van der Waals surface area (Å²) in [7, 11) is 1.83. The second-order valence-electron chi connectivity index (χ2n) is 3.99. The molecule has 0 aromatic carbocycles. The van der Waals surface area contributed by atoms with Crippen molar-refractivity contribution in [1.82, 2.24) is 29.5 Å². The van der Waals surface area contributed by atoms with Crippen LogP contribution in [0.15, 0.2) is 18.5 Å². The SMILES string of the molecule is Cc1nc(-n2nccc2CO)c2cnn(C)c2n1. The number of aliphatic hydroxyl groups excluding tert-OH is 1. The number of aromatic nitrogens is 6. The molecule has 0 saturated heterocycles. The Kier molecular flexibility index (Phi) is 2.34. The molecule has 0 atom stereocenters. The summed E-state index contributed by atoms with van der Waals surface area (Å²) in [6.07, 6.45) is 3.33. The van der Waals surface area contributed by atoms with Gasteiger partial charge in [0.25, 0.3) is 0 Å². The van der Waals surface area contributed by atoms with E-state index in [0.29, 0.717) is 17.3 Å². The molecule has 0 radical (unpaired) electrons. The molecule has 0 saturated carbocycles. The van der Waals surface area contributed by atoms with Crippen molar-refractivity contribution in [2.75, 3.05) is 0 Å². The van der Waals surface area contributed by atoms with E-state index in [1.807, 2.05) is 14.0 Å². The summed E-state index contributed by atoms with van der Waals surface area (Å²) in [6.45, 7) is 1.73. The molecule has 3 aromatic heterocycles. The van der Waals surface area contributed by atoms with Crippen LogP contribution in [0.25, 0.3) is 16.9 Å². The van der Waals surface area contributed by atoms with Crippen molar-refractivity contribution in [1.29, 1.82) is 0 Å². The molecule has 92 valence electrons. The highest BCUT2D eigenvalue weighted by molar-refractivity contribution is 5.82. The largest absolute Gasteiger partial charge is 0.390 e. The molecule has 0 bridgehead atoms. The number of nitrogens with zero attached hydrogens (tertiary/aromatic N) is 6. The smallest absolute Gasteiger partial charge is 0.168 e. The Morgan fingerprint density at radius 1 is 1.28 bits per heavy atom. The van der Waals surface area contributed by atoms with Crippen LogP contribution in [-0.2, 0) is 13.7 Å². The van der Waals surface area contributed by atoms with E-state index in [-0.39, 0.29) is 6.61 Å². The van der Waals surface area contributed by atoms with Gasteiger partial charge in [0.15, 0.2) is 11.5 Å². The molecular formula is C11H12N6O. The quantitative estimate of drug-likeness (QED) is 0.703. The van der Waals surface area contributed by atoms with Gasteiger partial charge in [-0.3, -0.25) is 4.68 Å². The summed E-state index contributed by atoms with van der Waals surface area (Å²) < 4.78 is 3.30. The summed E-state index contributed by atoms with van der Waals surface area (Å²) in [5.74, 6) is 1.28. The van der Waals surface area contributed by atoms with E-state index in [2.05, 4.69) is 20.2 Å². The summed E-state index contributed by atoms with van der Waals surface area (Å²) >= 11 is 0. The minimum absolute atomic E-state index is 0.0925. The molecule has 0 fully saturated rings. The topological polar surface area (TPSA) is 81.6 Å². The van der Waals surface area contributed by atoms with Crippen LogP contribution in [0.5, 0.6) is 0 Å². The van der Waals surface area contributed by atoms with Crippen LogP contribution in [-0.4, -0.2) is 34.6 Å². The Bertz CT molecular complexity index is 713. The van der Waals surface area contributed by atoms with Crippen LogP contribution in [0.3, 0.4) is 0 Å². The molecule has 3 aromatic rings. The van der Waals surface area contributed by atoms with Crippen LogP contribution in [0.2, 0.25) is 0 Å². The Labute approximate surface area is 103 Å². The molecule has 0 aliphatic rings. The second-order valence-corrected chi connectivity index (χ2v) is 3.99. The van der Waals surface area contributed by atoms with Crippen molar-refractivity contribution >= 4 is 11.0 Å². The van der Waals surface area contributed by atoms with Gasteiger partial charge in [0.2, 0.25) is 0 Å². The first-order chi connectivity index (χ1) is 8.70. The first kappa shape index (κ1) is 10.8. The summed E-state index contributed by atoms with van der Waals surface area (Å²) in [4.78, 5) is 8.74. The van der Waals surface area contributed by atoms with Gasteiger partial charge < -0.3 is 5.11 Å². The van der Waals surface area contributed by atoms with Gasteiger partial charge in [-0.25, -0.2) is 14.6 Å². The average Bonchev–Trinajstić information content (AvgIpc) is 2.96. The van der Waals surface area contributed by atoms with Crippen molar-refractivity contribution in [3.8, 4) is 5.82 Å². The number of hydrogen-bond acceptors (Lipinski definition) is 5. The van der Waals surface area contributed by atoms with Crippen LogP contribution in [0, 0.1) is 6.92 Å². The van der Waals surface area contributed by atoms with Gasteiger partial charge in [0.05, 0.1) is 23.9 Å². The first-order valence-electron chi connectivity index (χ1n) is 5.51. The van der Waals surface area contributed by atoms with E-state index < -0.39 is 0 Å². The van der Waals surface area contributed by atoms with Gasteiger partial charge in [0, 0.05) is 13.2 Å². The molecular weight excluding hydrogens is 232 g/mol. The van der Waals surface area contributed by atoms with Crippen LogP contribution < -0.4 is 0 Å². The standard InChI is InChI=1S/C11H12N6O/c1-7-14-10-9(5-13-16(10)2)11(15-7)17-8(6-18)3-4-12-17/h3-5,18H,6H2,1-2H3. The first-order valence-corrected chi connectivity index (χ1v) is 5.51. The van der Waals surface area contributed by atoms with Crippen molar-refractivity contribution in [2.45, 2.75) is 13.5 Å². The van der Waals surface area contributed by atoms with E-state index in [1.54, 1.807) is 27.8 Å². The zero-order chi connectivity index (χ0) is 12.7. The van der Waals surface area contributed by atoms with Crippen LogP contribution in [0.1, 0.15) is 11.5 Å². The molecule has 7 nitrogen and oxygen atoms in total. The van der Waals surface area contributed by atoms with Crippen LogP contribution in [0.4, 0.5) is 0 Å². The third-order valence-electron chi connectivity index (χ3n) is 2.77. The Hall–Kier alpha value is -2.28. The molecule has 0 aliphatic carbocycles. The van der Waals surface area contributed by atoms with Crippen molar-refractivity contribution in [2.24, 2.45) is 7.05 Å².